The summed E-state index contributed by atoms with van der Waals surface area (Å²) in [4.78, 5) is 0. The molecule has 1 saturated heterocycles. The van der Waals surface area contributed by atoms with Crippen LogP contribution in [0.3, 0.4) is 0 Å². The number of aliphatic hydroxyl groups excluding tert-OH is 4. The lowest BCUT2D eigenvalue weighted by Gasteiger charge is -2.45. The summed E-state index contributed by atoms with van der Waals surface area (Å²) < 4.78 is 10.8. The van der Waals surface area contributed by atoms with Crippen molar-refractivity contribution in [2.45, 2.75) is 62.0 Å². The Balaban J connectivity index is 1.90. The molecule has 2 fully saturated rings. The highest BCUT2D eigenvalue weighted by molar-refractivity contribution is 6.32. The molecule has 1 heterocycles. The van der Waals surface area contributed by atoms with E-state index in [9.17, 15) is 25.5 Å². The Morgan fingerprint density at radius 3 is 2.50 bits per heavy atom. The summed E-state index contributed by atoms with van der Waals surface area (Å²) in [6, 6.07) is 4.64. The molecule has 1 aliphatic carbocycles. The number of rotatable bonds is 4. The van der Waals surface area contributed by atoms with E-state index in [0.29, 0.717) is 10.6 Å². The zero-order chi connectivity index (χ0) is 20.5. The van der Waals surface area contributed by atoms with Crippen molar-refractivity contribution in [2.24, 2.45) is 0 Å². The van der Waals surface area contributed by atoms with E-state index in [2.05, 4.69) is 0 Å². The normalized spacial score (nSPS) is 36.4. The Kier molecular flexibility index (Phi) is 6.79. The maximum Gasteiger partial charge on any atom is 0.222 e. The van der Waals surface area contributed by atoms with Crippen molar-refractivity contribution in [3.8, 4) is 0 Å². The standard InChI is InChI=1S/C20H27ClO7/c1-27-14-5-2-11(3-6-14)8-12-9-13(4-7-15(12)21)20(26)19(25)18(24)17(23)16(10-22)28-20/h4,7-9,14,16-19,22-26H,2-3,5-6,10H2,1H3/t14?,16-,17-,18+,19-,20-/m1/s1. The monoisotopic (exact) mass is 414 g/mol. The van der Waals surface area contributed by atoms with E-state index in [4.69, 9.17) is 21.1 Å². The van der Waals surface area contributed by atoms with E-state index in [1.807, 2.05) is 6.08 Å². The minimum atomic E-state index is -2.29. The van der Waals surface area contributed by atoms with Gasteiger partial charge in [-0.2, -0.15) is 0 Å². The Bertz CT molecular complexity index is 713. The van der Waals surface area contributed by atoms with Crippen molar-refractivity contribution in [3.05, 3.63) is 39.9 Å². The molecule has 28 heavy (non-hydrogen) atoms. The number of halogens is 1. The molecule has 0 bridgehead atoms. The summed E-state index contributed by atoms with van der Waals surface area (Å²) >= 11 is 6.32. The molecule has 7 nitrogen and oxygen atoms in total. The largest absolute Gasteiger partial charge is 0.394 e. The maximum absolute atomic E-state index is 11.0. The zero-order valence-corrected chi connectivity index (χ0v) is 16.4. The minimum absolute atomic E-state index is 0.172. The van der Waals surface area contributed by atoms with Crippen molar-refractivity contribution in [1.29, 1.82) is 0 Å². The Hall–Kier alpha value is -1.03. The van der Waals surface area contributed by atoms with Crippen LogP contribution >= 0.6 is 11.6 Å². The second-order valence-corrected chi connectivity index (χ2v) is 7.84. The molecule has 0 aromatic heterocycles. The van der Waals surface area contributed by atoms with Crippen molar-refractivity contribution >= 4 is 17.7 Å². The fourth-order valence-electron chi connectivity index (χ4n) is 3.83. The van der Waals surface area contributed by atoms with E-state index in [0.717, 1.165) is 25.7 Å². The first-order chi connectivity index (χ1) is 13.3. The van der Waals surface area contributed by atoms with Gasteiger partial charge in [0.2, 0.25) is 5.79 Å². The molecule has 1 saturated carbocycles. The molecule has 0 spiro atoms. The SMILES string of the molecule is COC1CCC(=Cc2cc([C@@]3(O)O[C@H](CO)[C@@H](O)[C@H](O)[C@H]3O)ccc2Cl)CC1. The summed E-state index contributed by atoms with van der Waals surface area (Å²) in [5.41, 5.74) is 2.02. The maximum atomic E-state index is 11.0. The number of allylic oxidation sites excluding steroid dienone is 1. The second kappa shape index (κ2) is 8.77. The number of benzene rings is 1. The van der Waals surface area contributed by atoms with E-state index < -0.39 is 36.8 Å². The molecule has 1 aromatic rings. The van der Waals surface area contributed by atoms with Crippen molar-refractivity contribution in [1.82, 2.24) is 0 Å². The fourth-order valence-corrected chi connectivity index (χ4v) is 4.00. The van der Waals surface area contributed by atoms with Gasteiger partial charge in [-0.05, 0) is 43.4 Å². The molecular formula is C20H27ClO7. The molecule has 0 amide bonds. The smallest absolute Gasteiger partial charge is 0.222 e. The van der Waals surface area contributed by atoms with Crippen molar-refractivity contribution in [3.63, 3.8) is 0 Å². The Morgan fingerprint density at radius 1 is 1.21 bits per heavy atom. The molecule has 8 heteroatoms. The average molecular weight is 415 g/mol. The number of ether oxygens (including phenoxy) is 2. The van der Waals surface area contributed by atoms with Gasteiger partial charge in [0.05, 0.1) is 12.7 Å². The predicted molar refractivity (Wildman–Crippen MR) is 103 cm³/mol. The lowest BCUT2D eigenvalue weighted by Crippen LogP contribution is -2.63. The zero-order valence-electron chi connectivity index (χ0n) is 15.7. The van der Waals surface area contributed by atoms with Gasteiger partial charge in [-0.3, -0.25) is 0 Å². The van der Waals surface area contributed by atoms with Gasteiger partial charge >= 0.3 is 0 Å². The highest BCUT2D eigenvalue weighted by atomic mass is 35.5. The van der Waals surface area contributed by atoms with E-state index >= 15 is 0 Å². The molecule has 5 atom stereocenters. The van der Waals surface area contributed by atoms with Crippen molar-refractivity contribution < 1.29 is 35.0 Å². The summed E-state index contributed by atoms with van der Waals surface area (Å²) in [6.45, 7) is -0.627. The molecule has 2 aliphatic rings. The van der Waals surface area contributed by atoms with Crippen LogP contribution in [0, 0.1) is 0 Å². The first kappa shape index (κ1) is 21.7. The van der Waals surface area contributed by atoms with E-state index in [1.165, 1.54) is 11.6 Å². The molecule has 1 aromatic carbocycles. The molecule has 0 radical (unpaired) electrons. The Labute approximate surface area is 168 Å². The number of methoxy groups -OCH3 is 1. The molecular weight excluding hydrogens is 388 g/mol. The van der Waals surface area contributed by atoms with Crippen LogP contribution in [0.4, 0.5) is 0 Å². The van der Waals surface area contributed by atoms with Gasteiger partial charge in [0.25, 0.3) is 0 Å². The van der Waals surface area contributed by atoms with Crippen molar-refractivity contribution in [2.75, 3.05) is 13.7 Å². The van der Waals surface area contributed by atoms with Gasteiger partial charge in [0.15, 0.2) is 0 Å². The summed E-state index contributed by atoms with van der Waals surface area (Å²) in [6.07, 6.45) is -0.447. The highest BCUT2D eigenvalue weighted by Gasteiger charge is 2.53. The average Bonchev–Trinajstić information content (AvgIpc) is 2.71. The molecule has 1 aliphatic heterocycles. The summed E-state index contributed by atoms with van der Waals surface area (Å²) in [7, 11) is 1.71. The molecule has 5 N–H and O–H groups in total. The number of hydrogen-bond acceptors (Lipinski definition) is 7. The summed E-state index contributed by atoms with van der Waals surface area (Å²) in [5, 5.41) is 51.1. The van der Waals surface area contributed by atoms with Crippen LogP contribution in [-0.2, 0) is 15.3 Å². The van der Waals surface area contributed by atoms with E-state index in [-0.39, 0.29) is 11.7 Å². The van der Waals surface area contributed by atoms with Crippen LogP contribution < -0.4 is 0 Å². The van der Waals surface area contributed by atoms with Crippen LogP contribution in [0.15, 0.2) is 23.8 Å². The first-order valence-corrected chi connectivity index (χ1v) is 9.75. The third-order valence-corrected chi connectivity index (χ3v) is 5.99. The van der Waals surface area contributed by atoms with Gasteiger partial charge in [-0.15, -0.1) is 0 Å². The minimum Gasteiger partial charge on any atom is -0.394 e. The topological polar surface area (TPSA) is 120 Å². The number of hydrogen-bond donors (Lipinski definition) is 5. The molecule has 0 unspecified atom stereocenters. The second-order valence-electron chi connectivity index (χ2n) is 7.44. The Morgan fingerprint density at radius 2 is 1.89 bits per heavy atom. The lowest BCUT2D eigenvalue weighted by molar-refractivity contribution is -0.357. The van der Waals surface area contributed by atoms with Crippen LogP contribution in [-0.4, -0.2) is 69.8 Å². The fraction of sp³-hybridized carbons (Fsp3) is 0.600. The third kappa shape index (κ3) is 4.13. The summed E-state index contributed by atoms with van der Waals surface area (Å²) in [5.74, 6) is -2.29. The van der Waals surface area contributed by atoms with Gasteiger partial charge in [0, 0.05) is 17.7 Å². The quantitative estimate of drug-likeness (QED) is 0.497. The van der Waals surface area contributed by atoms with Gasteiger partial charge in [-0.1, -0.05) is 29.3 Å². The highest BCUT2D eigenvalue weighted by Crippen LogP contribution is 2.38. The van der Waals surface area contributed by atoms with Gasteiger partial charge in [0.1, 0.15) is 24.4 Å². The van der Waals surface area contributed by atoms with Gasteiger partial charge < -0.3 is 35.0 Å². The van der Waals surface area contributed by atoms with Crippen LogP contribution in [0.25, 0.3) is 6.08 Å². The molecule has 156 valence electrons. The third-order valence-electron chi connectivity index (χ3n) is 5.64. The van der Waals surface area contributed by atoms with Crippen LogP contribution in [0.2, 0.25) is 5.02 Å². The van der Waals surface area contributed by atoms with Crippen LogP contribution in [0.1, 0.15) is 36.8 Å². The van der Waals surface area contributed by atoms with E-state index in [1.54, 1.807) is 19.2 Å². The lowest BCUT2D eigenvalue weighted by atomic mass is 9.87. The first-order valence-electron chi connectivity index (χ1n) is 9.37. The molecule has 3 rings (SSSR count). The predicted octanol–water partition coefficient (Wildman–Crippen LogP) is 0.931. The number of aliphatic hydroxyl groups is 5. The van der Waals surface area contributed by atoms with Crippen LogP contribution in [0.5, 0.6) is 0 Å². The van der Waals surface area contributed by atoms with Gasteiger partial charge in [-0.25, -0.2) is 0 Å².